The maximum atomic E-state index is 13.4. The molecule has 0 saturated carbocycles. The molecule has 0 atom stereocenters. The minimum atomic E-state index is -1.26. The molecule has 3 aromatic rings. The van der Waals surface area contributed by atoms with Crippen molar-refractivity contribution in [2.24, 2.45) is 0 Å². The number of carbonyl (C=O) groups is 4. The molecule has 234 valence electrons. The van der Waals surface area contributed by atoms with Crippen molar-refractivity contribution in [3.05, 3.63) is 89.2 Å². The normalized spacial score (nSPS) is 15.4. The van der Waals surface area contributed by atoms with Crippen molar-refractivity contribution in [3.63, 3.8) is 0 Å². The van der Waals surface area contributed by atoms with Gasteiger partial charge in [0.25, 0.3) is 0 Å². The molecule has 14 heteroatoms. The van der Waals surface area contributed by atoms with Gasteiger partial charge in [0.2, 0.25) is 0 Å². The number of nitrogens with zero attached hydrogens (tertiary/aromatic N) is 3. The van der Waals surface area contributed by atoms with Crippen molar-refractivity contribution in [2.75, 3.05) is 26.2 Å². The van der Waals surface area contributed by atoms with Crippen molar-refractivity contribution in [1.29, 1.82) is 0 Å². The van der Waals surface area contributed by atoms with Crippen LogP contribution in [0.5, 0.6) is 0 Å². The lowest BCUT2D eigenvalue weighted by Gasteiger charge is -2.32. The molecule has 1 saturated heterocycles. The number of piperidine rings is 1. The fourth-order valence-electron chi connectivity index (χ4n) is 4.92. The SMILES string of the molecule is Fc1ccc2c(c1)CN(CCN1CCC(c3[nH]nc4cc(F)ccc34)CC1)C2.O=C(O)/C=C\C(=O)O.O=C(O)/C=C\C(=O)O. The molecule has 12 nitrogen and oxygen atoms in total. The van der Waals surface area contributed by atoms with E-state index in [-0.39, 0.29) is 11.6 Å². The number of H-pyrrole nitrogens is 1. The quantitative estimate of drug-likeness (QED) is 0.234. The topological polar surface area (TPSA) is 184 Å². The van der Waals surface area contributed by atoms with E-state index in [2.05, 4.69) is 20.0 Å². The van der Waals surface area contributed by atoms with Crippen LogP contribution >= 0.6 is 0 Å². The average Bonchev–Trinajstić information content (AvgIpc) is 3.58. The number of benzene rings is 2. The Morgan fingerprint density at radius 3 is 1.82 bits per heavy atom. The summed E-state index contributed by atoms with van der Waals surface area (Å²) in [6.07, 6.45) is 4.40. The van der Waals surface area contributed by atoms with Crippen LogP contribution in [0.15, 0.2) is 60.7 Å². The summed E-state index contributed by atoms with van der Waals surface area (Å²) in [4.78, 5) is 43.1. The molecule has 0 unspecified atom stereocenters. The number of fused-ring (bicyclic) bond motifs is 2. The molecule has 0 aliphatic carbocycles. The number of nitrogens with one attached hydrogen (secondary N) is 1. The van der Waals surface area contributed by atoms with Gasteiger partial charge in [0.05, 0.1) is 5.52 Å². The van der Waals surface area contributed by atoms with Gasteiger partial charge < -0.3 is 25.3 Å². The zero-order valence-electron chi connectivity index (χ0n) is 23.5. The van der Waals surface area contributed by atoms with Crippen LogP contribution in [-0.2, 0) is 32.3 Å². The van der Waals surface area contributed by atoms with Gasteiger partial charge in [0.1, 0.15) is 11.6 Å². The van der Waals surface area contributed by atoms with Gasteiger partial charge in [-0.05, 0) is 61.3 Å². The predicted molar refractivity (Wildman–Crippen MR) is 154 cm³/mol. The Labute approximate surface area is 250 Å². The van der Waals surface area contributed by atoms with Crippen LogP contribution in [0.1, 0.15) is 35.6 Å². The summed E-state index contributed by atoms with van der Waals surface area (Å²) in [6.45, 7) is 5.93. The Hall–Kier alpha value is -4.95. The average molecular weight is 615 g/mol. The lowest BCUT2D eigenvalue weighted by Crippen LogP contribution is -2.38. The number of hydrogen-bond donors (Lipinski definition) is 5. The van der Waals surface area contributed by atoms with Crippen molar-refractivity contribution in [1.82, 2.24) is 20.0 Å². The molecule has 5 rings (SSSR count). The monoisotopic (exact) mass is 614 g/mol. The summed E-state index contributed by atoms with van der Waals surface area (Å²) in [5.41, 5.74) is 4.23. The van der Waals surface area contributed by atoms with E-state index in [4.69, 9.17) is 20.4 Å². The van der Waals surface area contributed by atoms with E-state index in [1.54, 1.807) is 12.1 Å². The molecule has 0 bridgehead atoms. The van der Waals surface area contributed by atoms with Crippen molar-refractivity contribution in [2.45, 2.75) is 31.8 Å². The maximum absolute atomic E-state index is 13.4. The van der Waals surface area contributed by atoms with Gasteiger partial charge in [-0.25, -0.2) is 28.0 Å². The first-order chi connectivity index (χ1) is 20.9. The second-order valence-corrected chi connectivity index (χ2v) is 10.1. The first kappa shape index (κ1) is 33.6. The Kier molecular flexibility index (Phi) is 12.2. The summed E-state index contributed by atoms with van der Waals surface area (Å²) >= 11 is 0. The molecule has 1 aromatic heterocycles. The molecule has 5 N–H and O–H groups in total. The highest BCUT2D eigenvalue weighted by Gasteiger charge is 2.25. The van der Waals surface area contributed by atoms with Crippen LogP contribution < -0.4 is 0 Å². The number of carboxylic acid groups (broad SMARTS) is 4. The molecular weight excluding hydrogens is 582 g/mol. The number of halogens is 2. The number of rotatable bonds is 8. The minimum Gasteiger partial charge on any atom is -0.478 e. The van der Waals surface area contributed by atoms with Crippen molar-refractivity contribution >= 4 is 34.8 Å². The highest BCUT2D eigenvalue weighted by atomic mass is 19.1. The maximum Gasteiger partial charge on any atom is 0.328 e. The van der Waals surface area contributed by atoms with Crippen molar-refractivity contribution < 1.29 is 48.4 Å². The fourth-order valence-corrected chi connectivity index (χ4v) is 4.92. The highest BCUT2D eigenvalue weighted by Crippen LogP contribution is 2.32. The summed E-state index contributed by atoms with van der Waals surface area (Å²) in [5.74, 6) is -4.96. The van der Waals surface area contributed by atoms with E-state index in [1.165, 1.54) is 17.7 Å². The number of carboxylic acids is 4. The molecular formula is C30H32F2N4O8. The third-order valence-corrected chi connectivity index (χ3v) is 6.97. The summed E-state index contributed by atoms with van der Waals surface area (Å²) in [6, 6.07) is 9.98. The first-order valence-electron chi connectivity index (χ1n) is 13.5. The standard InChI is InChI=1S/C22H24F2N4.2C4H4O4/c23-18-2-1-16-13-28(14-17(16)11-18)10-9-27-7-5-15(6-8-27)22-20-4-3-19(24)12-21(20)25-26-22;2*5-3(6)1-2-4(7)8/h1-4,11-12,15H,5-10,13-14H2,(H,25,26);2*1-2H,(H,5,6)(H,7,8)/b;2*2-1-. The molecule has 1 fully saturated rings. The van der Waals surface area contributed by atoms with Gasteiger partial charge in [-0.15, -0.1) is 0 Å². The second-order valence-electron chi connectivity index (χ2n) is 10.1. The Bertz CT molecular complexity index is 1480. The van der Waals surface area contributed by atoms with Crippen LogP contribution in [0.3, 0.4) is 0 Å². The van der Waals surface area contributed by atoms with E-state index in [9.17, 15) is 28.0 Å². The molecule has 2 aliphatic heterocycles. The molecule has 44 heavy (non-hydrogen) atoms. The van der Waals surface area contributed by atoms with Crippen LogP contribution in [0.4, 0.5) is 8.78 Å². The number of likely N-dealkylation sites (tertiary alicyclic amines) is 1. The van der Waals surface area contributed by atoms with Gasteiger partial charge in [-0.2, -0.15) is 5.10 Å². The van der Waals surface area contributed by atoms with Crippen LogP contribution in [0.2, 0.25) is 0 Å². The molecule has 3 heterocycles. The van der Waals surface area contributed by atoms with Gasteiger partial charge in [0.15, 0.2) is 0 Å². The summed E-state index contributed by atoms with van der Waals surface area (Å²) in [7, 11) is 0. The van der Waals surface area contributed by atoms with Gasteiger partial charge >= 0.3 is 23.9 Å². The lowest BCUT2D eigenvalue weighted by molar-refractivity contribution is -0.134. The minimum absolute atomic E-state index is 0.142. The summed E-state index contributed by atoms with van der Waals surface area (Å²) in [5, 5.41) is 39.7. The van der Waals surface area contributed by atoms with E-state index < -0.39 is 23.9 Å². The highest BCUT2D eigenvalue weighted by molar-refractivity contribution is 5.90. The number of hydrogen-bond acceptors (Lipinski definition) is 7. The zero-order chi connectivity index (χ0) is 32.2. The molecule has 0 radical (unpaired) electrons. The lowest BCUT2D eigenvalue weighted by atomic mass is 9.91. The van der Waals surface area contributed by atoms with Gasteiger partial charge in [-0.3, -0.25) is 10.00 Å². The van der Waals surface area contributed by atoms with E-state index >= 15 is 0 Å². The van der Waals surface area contributed by atoms with Gasteiger partial charge in [-0.1, -0.05) is 6.07 Å². The van der Waals surface area contributed by atoms with Crippen LogP contribution in [0, 0.1) is 11.6 Å². The Morgan fingerprint density at radius 1 is 0.750 bits per heavy atom. The summed E-state index contributed by atoms with van der Waals surface area (Å²) < 4.78 is 26.8. The fraction of sp³-hybridized carbons (Fsp3) is 0.300. The Morgan fingerprint density at radius 2 is 1.25 bits per heavy atom. The predicted octanol–water partition coefficient (Wildman–Crippen LogP) is 3.46. The third-order valence-electron chi connectivity index (χ3n) is 6.97. The molecule has 2 aliphatic rings. The number of aromatic nitrogens is 2. The number of aromatic amines is 1. The van der Waals surface area contributed by atoms with E-state index in [0.717, 1.165) is 68.8 Å². The van der Waals surface area contributed by atoms with Crippen LogP contribution in [-0.4, -0.2) is 90.5 Å². The Balaban J connectivity index is 0.000000275. The van der Waals surface area contributed by atoms with Gasteiger partial charge in [0, 0.05) is 73.5 Å². The first-order valence-corrected chi connectivity index (χ1v) is 13.5. The second kappa shape index (κ2) is 16.0. The number of aliphatic carboxylic acids is 4. The zero-order valence-corrected chi connectivity index (χ0v) is 23.5. The molecule has 2 aromatic carbocycles. The molecule has 0 spiro atoms. The van der Waals surface area contributed by atoms with Crippen molar-refractivity contribution in [3.8, 4) is 0 Å². The van der Waals surface area contributed by atoms with Crippen LogP contribution in [0.25, 0.3) is 10.9 Å². The molecule has 0 amide bonds. The largest absolute Gasteiger partial charge is 0.478 e. The third kappa shape index (κ3) is 10.7. The van der Waals surface area contributed by atoms with E-state index in [1.807, 2.05) is 12.1 Å². The van der Waals surface area contributed by atoms with E-state index in [0.29, 0.717) is 35.7 Å². The smallest absolute Gasteiger partial charge is 0.328 e.